The molecule has 1 aromatic rings. The zero-order valence-electron chi connectivity index (χ0n) is 17.1. The molecule has 3 fully saturated rings. The number of nitrogens with zero attached hydrogens (tertiary/aromatic N) is 2. The van der Waals surface area contributed by atoms with Gasteiger partial charge in [-0.25, -0.2) is 0 Å². The minimum Gasteiger partial charge on any atom is -0.493 e. The topological polar surface area (TPSA) is 32.8 Å². The zero-order valence-corrected chi connectivity index (χ0v) is 17.1. The monoisotopic (exact) mass is 382 g/mol. The summed E-state index contributed by atoms with van der Waals surface area (Å²) < 4.78 is 5.57. The third-order valence-electron chi connectivity index (χ3n) is 7.71. The minimum absolute atomic E-state index is 0.211. The number of piperidine rings is 2. The maximum Gasteiger partial charge on any atom is 0.253 e. The highest BCUT2D eigenvalue weighted by Gasteiger charge is 2.33. The average molecular weight is 383 g/mol. The summed E-state index contributed by atoms with van der Waals surface area (Å²) in [5.41, 5.74) is 2.03. The summed E-state index contributed by atoms with van der Waals surface area (Å²) in [7, 11) is 0. The molecule has 4 aliphatic rings. The summed E-state index contributed by atoms with van der Waals surface area (Å²) in [4.78, 5) is 17.8. The molecule has 0 N–H and O–H groups in total. The van der Waals surface area contributed by atoms with Crippen molar-refractivity contribution in [1.29, 1.82) is 0 Å². The Morgan fingerprint density at radius 1 is 1.00 bits per heavy atom. The average Bonchev–Trinajstić information content (AvgIpc) is 3.18. The van der Waals surface area contributed by atoms with Crippen molar-refractivity contribution in [1.82, 2.24) is 9.80 Å². The Hall–Kier alpha value is -1.55. The van der Waals surface area contributed by atoms with Crippen molar-refractivity contribution in [3.05, 3.63) is 29.3 Å². The molecule has 2 saturated heterocycles. The number of carbonyl (C=O) groups is 1. The number of likely N-dealkylation sites (tertiary alicyclic amines) is 2. The largest absolute Gasteiger partial charge is 0.493 e. The first-order chi connectivity index (χ1) is 13.8. The number of rotatable bonds is 4. The van der Waals surface area contributed by atoms with Gasteiger partial charge in [0, 0.05) is 38.2 Å². The number of ether oxygens (including phenoxy) is 1. The van der Waals surface area contributed by atoms with Crippen molar-refractivity contribution < 1.29 is 9.53 Å². The standard InChI is InChI=1S/C24H34N2O2/c27-24(21-6-7-23-20(15-21)10-14-28-23)26-12-8-19(9-13-26)22-5-2-11-25(17-22)16-18-3-1-4-18/h6-7,15,18-19,22H,1-5,8-14,16-17H2. The van der Waals surface area contributed by atoms with E-state index in [0.29, 0.717) is 0 Å². The maximum absolute atomic E-state index is 13.0. The van der Waals surface area contributed by atoms with Crippen LogP contribution in [-0.4, -0.2) is 55.0 Å². The second-order valence-corrected chi connectivity index (χ2v) is 9.51. The van der Waals surface area contributed by atoms with Gasteiger partial charge in [0.15, 0.2) is 0 Å². The van der Waals surface area contributed by atoms with Gasteiger partial charge in [-0.2, -0.15) is 0 Å². The van der Waals surface area contributed by atoms with Crippen LogP contribution in [0.3, 0.4) is 0 Å². The molecule has 1 unspecified atom stereocenters. The highest BCUT2D eigenvalue weighted by atomic mass is 16.5. The van der Waals surface area contributed by atoms with Crippen molar-refractivity contribution >= 4 is 5.91 Å². The Labute approximate surface area is 169 Å². The molecule has 1 amide bonds. The van der Waals surface area contributed by atoms with Crippen LogP contribution in [0.5, 0.6) is 5.75 Å². The summed E-state index contributed by atoms with van der Waals surface area (Å²) in [6, 6.07) is 5.97. The van der Waals surface area contributed by atoms with Gasteiger partial charge in [0.05, 0.1) is 6.61 Å². The van der Waals surface area contributed by atoms with E-state index in [0.717, 1.165) is 55.2 Å². The molecule has 28 heavy (non-hydrogen) atoms. The Balaban J connectivity index is 1.14. The molecule has 0 bridgehead atoms. The highest BCUT2D eigenvalue weighted by Crippen LogP contribution is 2.34. The summed E-state index contributed by atoms with van der Waals surface area (Å²) in [5, 5.41) is 0. The molecule has 1 saturated carbocycles. The van der Waals surface area contributed by atoms with Gasteiger partial charge in [-0.15, -0.1) is 0 Å². The molecule has 0 radical (unpaired) electrons. The van der Waals surface area contributed by atoms with Gasteiger partial charge >= 0.3 is 0 Å². The lowest BCUT2D eigenvalue weighted by Crippen LogP contribution is -2.45. The van der Waals surface area contributed by atoms with Crippen LogP contribution in [0, 0.1) is 17.8 Å². The molecule has 3 heterocycles. The Bertz CT molecular complexity index is 707. The van der Waals surface area contributed by atoms with E-state index in [4.69, 9.17) is 4.74 Å². The van der Waals surface area contributed by atoms with Crippen molar-refractivity contribution in [2.45, 2.75) is 51.4 Å². The van der Waals surface area contributed by atoms with Crippen LogP contribution in [0.2, 0.25) is 0 Å². The molecular weight excluding hydrogens is 348 g/mol. The molecular formula is C24H34N2O2. The van der Waals surface area contributed by atoms with Crippen LogP contribution < -0.4 is 4.74 Å². The van der Waals surface area contributed by atoms with E-state index in [1.165, 1.54) is 70.1 Å². The first kappa shape index (κ1) is 18.5. The smallest absolute Gasteiger partial charge is 0.253 e. The number of hydrogen-bond acceptors (Lipinski definition) is 3. The molecule has 1 aliphatic carbocycles. The molecule has 0 spiro atoms. The van der Waals surface area contributed by atoms with Crippen LogP contribution in [0.4, 0.5) is 0 Å². The Kier molecular flexibility index (Phi) is 5.32. The number of amides is 1. The van der Waals surface area contributed by atoms with Gasteiger partial charge in [-0.3, -0.25) is 4.79 Å². The van der Waals surface area contributed by atoms with Gasteiger partial charge in [0.25, 0.3) is 5.91 Å². The van der Waals surface area contributed by atoms with E-state index >= 15 is 0 Å². The van der Waals surface area contributed by atoms with Crippen molar-refractivity contribution in [2.75, 3.05) is 39.3 Å². The molecule has 152 valence electrons. The van der Waals surface area contributed by atoms with Gasteiger partial charge in [0.2, 0.25) is 0 Å². The van der Waals surface area contributed by atoms with E-state index in [9.17, 15) is 4.79 Å². The first-order valence-electron chi connectivity index (χ1n) is 11.5. The molecule has 4 nitrogen and oxygen atoms in total. The number of benzene rings is 1. The van der Waals surface area contributed by atoms with Crippen molar-refractivity contribution in [2.24, 2.45) is 17.8 Å². The summed E-state index contributed by atoms with van der Waals surface area (Å²) in [6.45, 7) is 6.56. The fourth-order valence-corrected chi connectivity index (χ4v) is 5.76. The summed E-state index contributed by atoms with van der Waals surface area (Å²) in [5.74, 6) is 3.81. The van der Waals surface area contributed by atoms with Crippen molar-refractivity contribution in [3.63, 3.8) is 0 Å². The lowest BCUT2D eigenvalue weighted by Gasteiger charge is -2.42. The highest BCUT2D eigenvalue weighted by molar-refractivity contribution is 5.94. The molecule has 3 aliphatic heterocycles. The van der Waals surface area contributed by atoms with E-state index in [2.05, 4.69) is 15.9 Å². The normalized spacial score (nSPS) is 26.6. The fraction of sp³-hybridized carbons (Fsp3) is 0.708. The summed E-state index contributed by atoms with van der Waals surface area (Å²) in [6.07, 6.45) is 10.4. The Morgan fingerprint density at radius 3 is 2.64 bits per heavy atom. The van der Waals surface area contributed by atoms with E-state index in [1.807, 2.05) is 12.1 Å². The second-order valence-electron chi connectivity index (χ2n) is 9.51. The predicted octanol–water partition coefficient (Wildman–Crippen LogP) is 3.99. The molecule has 0 aromatic heterocycles. The SMILES string of the molecule is O=C(c1ccc2c(c1)CCO2)N1CCC(C2CCCN(CC3CCC3)C2)CC1. The third-order valence-corrected chi connectivity index (χ3v) is 7.71. The number of hydrogen-bond donors (Lipinski definition) is 0. The van der Waals surface area contributed by atoms with Crippen LogP contribution in [-0.2, 0) is 6.42 Å². The molecule has 4 heteroatoms. The molecule has 1 aromatic carbocycles. The lowest BCUT2D eigenvalue weighted by molar-refractivity contribution is 0.0539. The first-order valence-corrected chi connectivity index (χ1v) is 11.5. The van der Waals surface area contributed by atoms with E-state index < -0.39 is 0 Å². The number of carbonyl (C=O) groups excluding carboxylic acids is 1. The third kappa shape index (κ3) is 3.80. The van der Waals surface area contributed by atoms with Crippen LogP contribution in [0.1, 0.15) is 60.9 Å². The summed E-state index contributed by atoms with van der Waals surface area (Å²) >= 11 is 0. The molecule has 5 rings (SSSR count). The van der Waals surface area contributed by atoms with Crippen LogP contribution >= 0.6 is 0 Å². The predicted molar refractivity (Wildman–Crippen MR) is 111 cm³/mol. The quantitative estimate of drug-likeness (QED) is 0.789. The van der Waals surface area contributed by atoms with E-state index in [1.54, 1.807) is 0 Å². The zero-order chi connectivity index (χ0) is 18.9. The second kappa shape index (κ2) is 8.06. The van der Waals surface area contributed by atoms with Gasteiger partial charge < -0.3 is 14.5 Å². The molecule has 1 atom stereocenters. The van der Waals surface area contributed by atoms with Crippen molar-refractivity contribution in [3.8, 4) is 5.75 Å². The minimum atomic E-state index is 0.211. The number of fused-ring (bicyclic) bond motifs is 1. The van der Waals surface area contributed by atoms with Gasteiger partial charge in [-0.1, -0.05) is 6.42 Å². The Morgan fingerprint density at radius 2 is 1.86 bits per heavy atom. The van der Waals surface area contributed by atoms with Crippen LogP contribution in [0.25, 0.3) is 0 Å². The van der Waals surface area contributed by atoms with E-state index in [-0.39, 0.29) is 5.91 Å². The maximum atomic E-state index is 13.0. The van der Waals surface area contributed by atoms with Gasteiger partial charge in [-0.05, 0) is 86.6 Å². The lowest BCUT2D eigenvalue weighted by atomic mass is 9.78. The fourth-order valence-electron chi connectivity index (χ4n) is 5.76. The van der Waals surface area contributed by atoms with Crippen LogP contribution in [0.15, 0.2) is 18.2 Å². The van der Waals surface area contributed by atoms with Gasteiger partial charge in [0.1, 0.15) is 5.75 Å².